The molecule has 1 heterocycles. The molecular weight excluding hydrogens is 525 g/mol. The number of carbonyl (C=O) groups is 2. The number of nitrogen functional groups attached to an aromatic ring is 1. The molecule has 1 aliphatic carbocycles. The second kappa shape index (κ2) is 10.1. The molecule has 0 bridgehead atoms. The molecule has 4 aromatic rings. The van der Waals surface area contributed by atoms with E-state index in [1.165, 1.54) is 7.11 Å². The third kappa shape index (κ3) is 4.97. The van der Waals surface area contributed by atoms with Crippen LogP contribution in [0.3, 0.4) is 0 Å². The maximum Gasteiger partial charge on any atom is 0.283 e. The Balaban J connectivity index is 1.57. The SMILES string of the molecule is C=C(F)C(=O)Nc1ccc(-c2ccc3onc(N)c3c2-c2ccc(C(=O)NC3CC(F)(F)C3)c(OC)c2)c(C)c1. The van der Waals surface area contributed by atoms with Crippen LogP contribution in [-0.2, 0) is 4.79 Å². The molecule has 1 aliphatic rings. The molecule has 0 saturated heterocycles. The number of methoxy groups -OCH3 is 1. The molecule has 206 valence electrons. The number of alkyl halides is 2. The number of rotatable bonds is 7. The molecular formula is C29H25F3N4O4. The second-order valence-electron chi connectivity index (χ2n) is 9.67. The van der Waals surface area contributed by atoms with Crippen LogP contribution in [-0.4, -0.2) is 36.0 Å². The van der Waals surface area contributed by atoms with E-state index in [-0.39, 0.29) is 17.1 Å². The topological polar surface area (TPSA) is 119 Å². The lowest BCUT2D eigenvalue weighted by atomic mass is 9.87. The summed E-state index contributed by atoms with van der Waals surface area (Å²) < 4.78 is 50.6. The Morgan fingerprint density at radius 1 is 1.12 bits per heavy atom. The zero-order valence-corrected chi connectivity index (χ0v) is 21.6. The highest BCUT2D eigenvalue weighted by Gasteiger charge is 2.46. The van der Waals surface area contributed by atoms with Gasteiger partial charge in [0.2, 0.25) is 0 Å². The van der Waals surface area contributed by atoms with Crippen molar-refractivity contribution >= 4 is 34.3 Å². The van der Waals surface area contributed by atoms with E-state index in [1.54, 1.807) is 42.5 Å². The molecule has 0 radical (unpaired) electrons. The number of ether oxygens (including phenoxy) is 1. The number of fused-ring (bicyclic) bond motifs is 1. The van der Waals surface area contributed by atoms with Gasteiger partial charge in [-0.05, 0) is 65.6 Å². The minimum absolute atomic E-state index is 0.154. The molecule has 1 aromatic heterocycles. The summed E-state index contributed by atoms with van der Waals surface area (Å²) in [4.78, 5) is 24.6. The Morgan fingerprint density at radius 2 is 1.85 bits per heavy atom. The minimum Gasteiger partial charge on any atom is -0.496 e. The number of carbonyl (C=O) groups excluding carboxylic acids is 2. The zero-order valence-electron chi connectivity index (χ0n) is 21.6. The van der Waals surface area contributed by atoms with Crippen LogP contribution in [0.5, 0.6) is 5.75 Å². The van der Waals surface area contributed by atoms with E-state index in [2.05, 4.69) is 22.4 Å². The molecule has 1 saturated carbocycles. The molecule has 0 spiro atoms. The van der Waals surface area contributed by atoms with Crippen LogP contribution in [0.4, 0.5) is 24.7 Å². The predicted octanol–water partition coefficient (Wildman–Crippen LogP) is 6.01. The molecule has 2 amide bonds. The van der Waals surface area contributed by atoms with Crippen LogP contribution in [0.15, 0.2) is 65.5 Å². The van der Waals surface area contributed by atoms with Gasteiger partial charge in [0, 0.05) is 30.1 Å². The number of hydrogen-bond donors (Lipinski definition) is 3. The lowest BCUT2D eigenvalue weighted by molar-refractivity contribution is -0.114. The number of benzene rings is 3. The number of amides is 2. The van der Waals surface area contributed by atoms with Crippen LogP contribution in [0.25, 0.3) is 33.2 Å². The van der Waals surface area contributed by atoms with E-state index >= 15 is 0 Å². The smallest absolute Gasteiger partial charge is 0.283 e. The van der Waals surface area contributed by atoms with E-state index < -0.39 is 42.4 Å². The first kappa shape index (κ1) is 26.8. The van der Waals surface area contributed by atoms with Crippen molar-refractivity contribution < 1.29 is 32.0 Å². The highest BCUT2D eigenvalue weighted by Crippen LogP contribution is 2.43. The third-order valence-corrected chi connectivity index (χ3v) is 6.85. The van der Waals surface area contributed by atoms with Crippen molar-refractivity contribution in [2.45, 2.75) is 31.7 Å². The minimum atomic E-state index is -2.76. The van der Waals surface area contributed by atoms with Gasteiger partial charge in [0.05, 0.1) is 18.1 Å². The summed E-state index contributed by atoms with van der Waals surface area (Å²) >= 11 is 0. The number of halogens is 3. The predicted molar refractivity (Wildman–Crippen MR) is 145 cm³/mol. The Kier molecular flexibility index (Phi) is 6.74. The fourth-order valence-corrected chi connectivity index (χ4v) is 4.89. The number of aryl methyl sites for hydroxylation is 1. The highest BCUT2D eigenvalue weighted by atomic mass is 19.3. The number of nitrogens with one attached hydrogen (secondary N) is 2. The Bertz CT molecular complexity index is 1670. The molecule has 0 unspecified atom stereocenters. The monoisotopic (exact) mass is 550 g/mol. The summed E-state index contributed by atoms with van der Waals surface area (Å²) in [6.07, 6.45) is -0.802. The number of nitrogens with zero attached hydrogens (tertiary/aromatic N) is 1. The Morgan fingerprint density at radius 3 is 2.50 bits per heavy atom. The molecule has 8 nitrogen and oxygen atoms in total. The van der Waals surface area contributed by atoms with Gasteiger partial charge in [-0.3, -0.25) is 9.59 Å². The van der Waals surface area contributed by atoms with E-state index in [0.29, 0.717) is 27.8 Å². The summed E-state index contributed by atoms with van der Waals surface area (Å²) in [5.41, 5.74) is 10.8. The fourth-order valence-electron chi connectivity index (χ4n) is 4.89. The van der Waals surface area contributed by atoms with Gasteiger partial charge in [-0.2, -0.15) is 0 Å². The normalized spacial score (nSPS) is 14.4. The first-order valence-corrected chi connectivity index (χ1v) is 12.3. The number of nitrogens with two attached hydrogens (primary N) is 1. The van der Waals surface area contributed by atoms with Crippen molar-refractivity contribution in [3.8, 4) is 28.0 Å². The number of hydrogen-bond acceptors (Lipinski definition) is 6. The van der Waals surface area contributed by atoms with E-state index in [0.717, 1.165) is 16.7 Å². The standard InChI is InChI=1S/C29H25F3N4O4/c1-14-10-17(34-27(37)15(2)30)5-7-19(14)20-8-9-22-25(26(33)36-40-22)24(20)16-4-6-21(23(11-16)39-3)28(38)35-18-12-29(31,32)13-18/h4-11,18H,2,12-13H2,1,3H3,(H2,33,36)(H,34,37)(H,35,38). The molecule has 11 heteroatoms. The molecule has 3 aromatic carbocycles. The van der Waals surface area contributed by atoms with Crippen molar-refractivity contribution in [2.24, 2.45) is 0 Å². The van der Waals surface area contributed by atoms with Gasteiger partial charge < -0.3 is 25.6 Å². The average molecular weight is 551 g/mol. The third-order valence-electron chi connectivity index (χ3n) is 6.85. The van der Waals surface area contributed by atoms with Gasteiger partial charge in [-0.15, -0.1) is 0 Å². The zero-order chi connectivity index (χ0) is 28.8. The maximum absolute atomic E-state index is 13.2. The van der Waals surface area contributed by atoms with Crippen molar-refractivity contribution in [3.05, 3.63) is 72.1 Å². The van der Waals surface area contributed by atoms with E-state index in [1.807, 2.05) is 13.0 Å². The second-order valence-corrected chi connectivity index (χ2v) is 9.67. The van der Waals surface area contributed by atoms with E-state index in [9.17, 15) is 22.8 Å². The van der Waals surface area contributed by atoms with Crippen LogP contribution in [0.2, 0.25) is 0 Å². The van der Waals surface area contributed by atoms with E-state index in [4.69, 9.17) is 15.0 Å². The summed E-state index contributed by atoms with van der Waals surface area (Å²) in [7, 11) is 1.41. The lowest BCUT2D eigenvalue weighted by Gasteiger charge is -2.35. The largest absolute Gasteiger partial charge is 0.496 e. The Labute approximate surface area is 227 Å². The van der Waals surface area contributed by atoms with Gasteiger partial charge in [0.25, 0.3) is 17.7 Å². The number of aromatic nitrogens is 1. The fraction of sp³-hybridized carbons (Fsp3) is 0.207. The highest BCUT2D eigenvalue weighted by molar-refractivity contribution is 6.08. The van der Waals surface area contributed by atoms with Gasteiger partial charge in [0.1, 0.15) is 5.75 Å². The molecule has 0 aliphatic heterocycles. The van der Waals surface area contributed by atoms with Crippen LogP contribution in [0.1, 0.15) is 28.8 Å². The van der Waals surface area contributed by atoms with Crippen LogP contribution < -0.4 is 21.1 Å². The van der Waals surface area contributed by atoms with Gasteiger partial charge in [0.15, 0.2) is 17.2 Å². The first-order valence-electron chi connectivity index (χ1n) is 12.3. The summed E-state index contributed by atoms with van der Waals surface area (Å²) in [6, 6.07) is 13.0. The molecule has 4 N–H and O–H groups in total. The van der Waals surface area contributed by atoms with Gasteiger partial charge in [-0.25, -0.2) is 13.2 Å². The van der Waals surface area contributed by atoms with Gasteiger partial charge >= 0.3 is 0 Å². The maximum atomic E-state index is 13.2. The first-order chi connectivity index (χ1) is 19.0. The van der Waals surface area contributed by atoms with Gasteiger partial charge in [-0.1, -0.05) is 23.9 Å². The average Bonchev–Trinajstić information content (AvgIpc) is 3.27. The quantitative estimate of drug-likeness (QED) is 0.243. The van der Waals surface area contributed by atoms with Crippen molar-refractivity contribution in [1.82, 2.24) is 10.5 Å². The van der Waals surface area contributed by atoms with Crippen molar-refractivity contribution in [1.29, 1.82) is 0 Å². The van der Waals surface area contributed by atoms with Crippen molar-refractivity contribution in [2.75, 3.05) is 18.2 Å². The summed E-state index contributed by atoms with van der Waals surface area (Å²) in [6.45, 7) is 4.83. The van der Waals surface area contributed by atoms with Crippen LogP contribution >= 0.6 is 0 Å². The van der Waals surface area contributed by atoms with Crippen LogP contribution in [0, 0.1) is 6.92 Å². The summed E-state index contributed by atoms with van der Waals surface area (Å²) in [5, 5.41) is 9.52. The Hall–Kier alpha value is -4.80. The van der Waals surface area contributed by atoms with Crippen molar-refractivity contribution in [3.63, 3.8) is 0 Å². The molecule has 40 heavy (non-hydrogen) atoms. The molecule has 1 fully saturated rings. The molecule has 5 rings (SSSR count). The number of anilines is 2. The molecule has 0 atom stereocenters. The summed E-state index contributed by atoms with van der Waals surface area (Å²) in [5.74, 6) is -4.93. The lowest BCUT2D eigenvalue weighted by Crippen LogP contribution is -2.50.